The summed E-state index contributed by atoms with van der Waals surface area (Å²) in [7, 11) is 0. The van der Waals surface area contributed by atoms with Crippen LogP contribution in [0.25, 0.3) is 0 Å². The normalized spacial score (nSPS) is 26.6. The molecule has 0 bridgehead atoms. The van der Waals surface area contributed by atoms with Gasteiger partial charge in [0.1, 0.15) is 11.5 Å². The van der Waals surface area contributed by atoms with Crippen molar-refractivity contribution in [2.75, 3.05) is 11.4 Å². The second kappa shape index (κ2) is 12.9. The zero-order chi connectivity index (χ0) is 36.3. The van der Waals surface area contributed by atoms with Crippen molar-refractivity contribution in [1.82, 2.24) is 4.90 Å². The van der Waals surface area contributed by atoms with Crippen LogP contribution in [0.5, 0.6) is 11.5 Å². The highest BCUT2D eigenvalue weighted by atomic mass is 35.5. The van der Waals surface area contributed by atoms with E-state index < -0.39 is 46.8 Å². The number of amides is 4. The number of hydrogen-bond donors (Lipinski definition) is 2. The number of imide groups is 2. The lowest BCUT2D eigenvalue weighted by molar-refractivity contribution is -0.140. The standard InChI is InChI=1S/C43H37ClN2O6/c1-2-8-26-9-6-14-33(38(26)48)37-31-19-20-32-36(41(51)45(39(32)49)22-21-25-15-17-30(47)18-16-25)34(31)24-35-40(50)46(29-13-7-12-28(44)23-29)42(52)43(35,37)27-10-4-3-5-11-27/h2-7,9-19,23,32,34-37,47-48H,1,8,20-22,24H2. The minimum Gasteiger partial charge on any atom is -0.508 e. The van der Waals surface area contributed by atoms with Crippen LogP contribution in [0, 0.1) is 23.7 Å². The molecular weight excluding hydrogens is 676 g/mol. The van der Waals surface area contributed by atoms with Crippen molar-refractivity contribution in [3.63, 3.8) is 0 Å². The number of likely N-dealkylation sites (tertiary alicyclic amines) is 1. The third-order valence-corrected chi connectivity index (χ3v) is 11.9. The molecule has 4 aromatic rings. The highest BCUT2D eigenvalue weighted by Crippen LogP contribution is 2.65. The lowest BCUT2D eigenvalue weighted by Crippen LogP contribution is -2.53. The van der Waals surface area contributed by atoms with Gasteiger partial charge in [-0.1, -0.05) is 96.1 Å². The van der Waals surface area contributed by atoms with E-state index in [1.165, 1.54) is 9.80 Å². The monoisotopic (exact) mass is 712 g/mol. The molecule has 2 N–H and O–H groups in total. The number of hydrogen-bond acceptors (Lipinski definition) is 6. The summed E-state index contributed by atoms with van der Waals surface area (Å²) in [5.74, 6) is -4.87. The molecule has 9 heteroatoms. The lowest BCUT2D eigenvalue weighted by atomic mass is 9.49. The molecule has 2 aliphatic heterocycles. The van der Waals surface area contributed by atoms with Crippen LogP contribution in [0.1, 0.15) is 41.0 Å². The van der Waals surface area contributed by atoms with E-state index in [1.54, 1.807) is 60.7 Å². The molecule has 4 aromatic carbocycles. The second-order valence-electron chi connectivity index (χ2n) is 14.2. The minimum absolute atomic E-state index is 0.0101. The van der Waals surface area contributed by atoms with Gasteiger partial charge in [-0.2, -0.15) is 0 Å². The molecule has 2 heterocycles. The molecule has 6 atom stereocenters. The predicted molar refractivity (Wildman–Crippen MR) is 197 cm³/mol. The molecular formula is C43H37ClN2O6. The summed E-state index contributed by atoms with van der Waals surface area (Å²) < 4.78 is 0. The number of fused-ring (bicyclic) bond motifs is 4. The number of carbonyl (C=O) groups excluding carboxylic acids is 4. The number of carbonyl (C=O) groups is 4. The van der Waals surface area contributed by atoms with Gasteiger partial charge in [-0.3, -0.25) is 24.1 Å². The van der Waals surface area contributed by atoms with Gasteiger partial charge in [0.2, 0.25) is 23.6 Å². The number of phenols is 2. The first kappa shape index (κ1) is 33.7. The summed E-state index contributed by atoms with van der Waals surface area (Å²) in [6, 6.07) is 28.0. The number of benzene rings is 4. The molecule has 4 amide bonds. The Labute approximate surface area is 306 Å². The van der Waals surface area contributed by atoms with Gasteiger partial charge in [-0.15, -0.1) is 6.58 Å². The van der Waals surface area contributed by atoms with Crippen LogP contribution in [-0.4, -0.2) is 45.3 Å². The Balaban J connectivity index is 1.30. The SMILES string of the molecule is C=CCc1cccc(C2C3=CCC4C(=O)N(CCc5ccc(O)cc5)C(=O)C4C3CC3C(=O)N(c4cccc(Cl)c4)C(=O)C32c2ccccc2)c1O. The second-order valence-corrected chi connectivity index (χ2v) is 14.6. The van der Waals surface area contributed by atoms with Gasteiger partial charge in [0, 0.05) is 23.0 Å². The summed E-state index contributed by atoms with van der Waals surface area (Å²) in [4.78, 5) is 61.3. The van der Waals surface area contributed by atoms with Crippen molar-refractivity contribution in [3.8, 4) is 11.5 Å². The van der Waals surface area contributed by atoms with Gasteiger partial charge in [0.05, 0.1) is 28.9 Å². The smallest absolute Gasteiger partial charge is 0.246 e. The Morgan fingerprint density at radius 2 is 1.60 bits per heavy atom. The molecule has 0 aromatic heterocycles. The first-order chi connectivity index (χ1) is 25.2. The first-order valence-corrected chi connectivity index (χ1v) is 18.0. The Morgan fingerprint density at radius 3 is 2.33 bits per heavy atom. The zero-order valence-electron chi connectivity index (χ0n) is 28.3. The summed E-state index contributed by atoms with van der Waals surface area (Å²) >= 11 is 6.41. The van der Waals surface area contributed by atoms with Crippen molar-refractivity contribution in [1.29, 1.82) is 0 Å². The van der Waals surface area contributed by atoms with E-state index in [-0.39, 0.29) is 42.7 Å². The van der Waals surface area contributed by atoms with Crippen molar-refractivity contribution in [2.24, 2.45) is 23.7 Å². The largest absolute Gasteiger partial charge is 0.508 e. The Kier molecular flexibility index (Phi) is 8.38. The van der Waals surface area contributed by atoms with E-state index in [9.17, 15) is 24.6 Å². The van der Waals surface area contributed by atoms with Gasteiger partial charge in [-0.25, -0.2) is 4.90 Å². The molecule has 1 saturated carbocycles. The molecule has 6 unspecified atom stereocenters. The van der Waals surface area contributed by atoms with E-state index in [1.807, 2.05) is 48.5 Å². The highest BCUT2D eigenvalue weighted by Gasteiger charge is 2.70. The quantitative estimate of drug-likeness (QED) is 0.152. The Hall–Kier alpha value is -5.47. The molecule has 2 aliphatic carbocycles. The molecule has 262 valence electrons. The maximum absolute atomic E-state index is 15.4. The highest BCUT2D eigenvalue weighted by molar-refractivity contribution is 6.32. The minimum atomic E-state index is -1.48. The summed E-state index contributed by atoms with van der Waals surface area (Å²) in [6.45, 7) is 4.05. The summed E-state index contributed by atoms with van der Waals surface area (Å²) in [5.41, 5.74) is 2.26. The number of halogens is 1. The van der Waals surface area contributed by atoms with Crippen LogP contribution in [0.2, 0.25) is 5.02 Å². The Morgan fingerprint density at radius 1 is 0.846 bits per heavy atom. The maximum atomic E-state index is 15.4. The van der Waals surface area contributed by atoms with Crippen LogP contribution in [0.4, 0.5) is 5.69 Å². The number of phenolic OH excluding ortho intramolecular Hbond substituents is 2. The van der Waals surface area contributed by atoms with Crippen LogP contribution < -0.4 is 4.90 Å². The fourth-order valence-electron chi connectivity index (χ4n) is 9.44. The molecule has 4 aliphatic rings. The molecule has 3 fully saturated rings. The maximum Gasteiger partial charge on any atom is 0.246 e. The molecule has 0 spiro atoms. The fraction of sp³-hybridized carbons (Fsp3) is 0.256. The van der Waals surface area contributed by atoms with Crippen molar-refractivity contribution >= 4 is 40.9 Å². The van der Waals surface area contributed by atoms with Gasteiger partial charge >= 0.3 is 0 Å². The van der Waals surface area contributed by atoms with Gasteiger partial charge in [-0.05, 0) is 78.6 Å². The summed E-state index contributed by atoms with van der Waals surface area (Å²) in [6.07, 6.45) is 4.95. The van der Waals surface area contributed by atoms with E-state index >= 15 is 4.79 Å². The first-order valence-electron chi connectivity index (χ1n) is 17.6. The average Bonchev–Trinajstić information content (AvgIpc) is 3.53. The Bertz CT molecular complexity index is 2160. The van der Waals surface area contributed by atoms with Crippen LogP contribution >= 0.6 is 11.6 Å². The van der Waals surface area contributed by atoms with Gasteiger partial charge in [0.15, 0.2) is 0 Å². The summed E-state index contributed by atoms with van der Waals surface area (Å²) in [5, 5.41) is 22.1. The molecule has 0 radical (unpaired) electrons. The molecule has 52 heavy (non-hydrogen) atoms. The topological polar surface area (TPSA) is 115 Å². The predicted octanol–water partition coefficient (Wildman–Crippen LogP) is 6.88. The van der Waals surface area contributed by atoms with Gasteiger partial charge < -0.3 is 10.2 Å². The number of para-hydroxylation sites is 1. The number of anilines is 1. The van der Waals surface area contributed by atoms with Crippen molar-refractivity contribution in [2.45, 2.75) is 37.0 Å². The van der Waals surface area contributed by atoms with Crippen LogP contribution in [0.3, 0.4) is 0 Å². The fourth-order valence-corrected chi connectivity index (χ4v) is 9.63. The van der Waals surface area contributed by atoms with Crippen molar-refractivity contribution in [3.05, 3.63) is 149 Å². The van der Waals surface area contributed by atoms with E-state index in [2.05, 4.69) is 6.58 Å². The zero-order valence-corrected chi connectivity index (χ0v) is 29.1. The number of nitrogens with zero attached hydrogens (tertiary/aromatic N) is 2. The molecule has 8 rings (SSSR count). The molecule has 2 saturated heterocycles. The van der Waals surface area contributed by atoms with E-state index in [0.717, 1.165) is 11.1 Å². The van der Waals surface area contributed by atoms with Crippen molar-refractivity contribution < 1.29 is 29.4 Å². The third kappa shape index (κ3) is 5.03. The van der Waals surface area contributed by atoms with Crippen LogP contribution in [0.15, 0.2) is 121 Å². The van der Waals surface area contributed by atoms with Crippen LogP contribution in [-0.2, 0) is 37.4 Å². The molecule has 8 nitrogen and oxygen atoms in total. The number of aromatic hydroxyl groups is 2. The van der Waals surface area contributed by atoms with Gasteiger partial charge in [0.25, 0.3) is 0 Å². The van der Waals surface area contributed by atoms with E-state index in [4.69, 9.17) is 11.6 Å². The number of rotatable bonds is 8. The lowest BCUT2D eigenvalue weighted by Gasteiger charge is -2.50. The van der Waals surface area contributed by atoms with E-state index in [0.29, 0.717) is 40.2 Å². The average molecular weight is 713 g/mol. The number of allylic oxidation sites excluding steroid dienone is 3. The third-order valence-electron chi connectivity index (χ3n) is 11.6.